The molecular weight excluding hydrogens is 382 g/mol. The molecule has 0 fully saturated rings. The molecule has 6 heteroatoms. The Morgan fingerprint density at radius 1 is 1.20 bits per heavy atom. The summed E-state index contributed by atoms with van der Waals surface area (Å²) in [7, 11) is 0. The smallest absolute Gasteiger partial charge is 0.257 e. The van der Waals surface area contributed by atoms with Gasteiger partial charge in [-0.25, -0.2) is 0 Å². The van der Waals surface area contributed by atoms with Crippen LogP contribution in [0.25, 0.3) is 0 Å². The number of nitrogens with one attached hydrogen (secondary N) is 2. The highest BCUT2D eigenvalue weighted by Gasteiger charge is 2.09. The minimum atomic E-state index is -0.170. The van der Waals surface area contributed by atoms with Gasteiger partial charge in [0.1, 0.15) is 5.76 Å². The first-order valence-electron chi connectivity index (χ1n) is 7.91. The van der Waals surface area contributed by atoms with Gasteiger partial charge >= 0.3 is 0 Å². The number of hydrogen-bond donors (Lipinski definition) is 2. The van der Waals surface area contributed by atoms with E-state index in [0.717, 1.165) is 21.7 Å². The lowest BCUT2D eigenvalue weighted by Gasteiger charge is -2.12. The fourth-order valence-corrected chi connectivity index (χ4v) is 2.66. The van der Waals surface area contributed by atoms with Crippen molar-refractivity contribution in [1.82, 2.24) is 10.3 Å². The Labute approximate surface area is 154 Å². The van der Waals surface area contributed by atoms with Gasteiger partial charge in [0.05, 0.1) is 11.6 Å². The van der Waals surface area contributed by atoms with E-state index in [-0.39, 0.29) is 11.9 Å². The molecule has 0 aliphatic heterocycles. The number of carbonyl (C=O) groups is 1. The third-order valence-corrected chi connectivity index (χ3v) is 4.19. The number of aromatic nitrogens is 1. The van der Waals surface area contributed by atoms with E-state index in [1.54, 1.807) is 24.5 Å². The molecule has 128 valence electrons. The number of carbonyl (C=O) groups excluding carboxylic acids is 1. The van der Waals surface area contributed by atoms with Crippen LogP contribution in [0.1, 0.15) is 34.6 Å². The lowest BCUT2D eigenvalue weighted by atomic mass is 10.1. The van der Waals surface area contributed by atoms with E-state index >= 15 is 0 Å². The monoisotopic (exact) mass is 399 g/mol. The largest absolute Gasteiger partial charge is 0.453 e. The zero-order valence-corrected chi connectivity index (χ0v) is 15.3. The maximum atomic E-state index is 12.1. The molecule has 3 aromatic rings. The molecule has 0 aliphatic carbocycles. The summed E-state index contributed by atoms with van der Waals surface area (Å²) in [5.41, 5.74) is 2.41. The van der Waals surface area contributed by atoms with Crippen LogP contribution >= 0.6 is 15.9 Å². The summed E-state index contributed by atoms with van der Waals surface area (Å²) in [6.45, 7) is 2.75. The molecule has 2 heterocycles. The third kappa shape index (κ3) is 4.78. The minimum Gasteiger partial charge on any atom is -0.453 e. The molecule has 3 rings (SSSR count). The molecule has 0 saturated carbocycles. The van der Waals surface area contributed by atoms with Gasteiger partial charge in [0.25, 0.3) is 5.91 Å². The zero-order chi connectivity index (χ0) is 17.6. The van der Waals surface area contributed by atoms with Crippen molar-refractivity contribution in [1.29, 1.82) is 0 Å². The quantitative estimate of drug-likeness (QED) is 0.638. The second kappa shape index (κ2) is 8.09. The van der Waals surface area contributed by atoms with Crippen molar-refractivity contribution in [2.75, 3.05) is 5.32 Å². The van der Waals surface area contributed by atoms with Gasteiger partial charge in [-0.15, -0.1) is 0 Å². The van der Waals surface area contributed by atoms with Gasteiger partial charge in [-0.05, 0) is 64.8 Å². The molecule has 0 saturated heterocycles. The second-order valence-corrected chi connectivity index (χ2v) is 6.42. The molecule has 2 aromatic heterocycles. The summed E-state index contributed by atoms with van der Waals surface area (Å²) in [4.78, 5) is 16.0. The van der Waals surface area contributed by atoms with Gasteiger partial charge in [0, 0.05) is 24.6 Å². The molecule has 0 bridgehead atoms. The Balaban J connectivity index is 1.54. The molecule has 1 amide bonds. The minimum absolute atomic E-state index is 0.108. The van der Waals surface area contributed by atoms with Crippen LogP contribution in [0.4, 0.5) is 5.69 Å². The Morgan fingerprint density at radius 2 is 2.00 bits per heavy atom. The van der Waals surface area contributed by atoms with Crippen molar-refractivity contribution in [2.24, 2.45) is 0 Å². The normalized spacial score (nSPS) is 11.9. The standard InChI is InChI=1S/C19H18BrN3O2/c1-13(17-8-9-18(20)25-17)22-11-14-4-6-16(7-5-14)23-19(24)15-3-2-10-21-12-15/h2-10,12-13,22H,11H2,1H3,(H,23,24)/t13-/m1/s1. The van der Waals surface area contributed by atoms with Crippen LogP contribution in [-0.4, -0.2) is 10.9 Å². The fourth-order valence-electron chi connectivity index (χ4n) is 2.34. The van der Waals surface area contributed by atoms with Gasteiger partial charge in [-0.2, -0.15) is 0 Å². The molecule has 0 radical (unpaired) electrons. The average Bonchev–Trinajstić information content (AvgIpc) is 3.08. The van der Waals surface area contributed by atoms with E-state index in [1.807, 2.05) is 43.3 Å². The molecule has 1 atom stereocenters. The van der Waals surface area contributed by atoms with Crippen LogP contribution in [0, 0.1) is 0 Å². The summed E-state index contributed by atoms with van der Waals surface area (Å²) < 4.78 is 6.27. The highest BCUT2D eigenvalue weighted by Crippen LogP contribution is 2.20. The lowest BCUT2D eigenvalue weighted by Crippen LogP contribution is -2.17. The van der Waals surface area contributed by atoms with Crippen molar-refractivity contribution in [2.45, 2.75) is 19.5 Å². The fraction of sp³-hybridized carbons (Fsp3) is 0.158. The van der Waals surface area contributed by atoms with E-state index in [2.05, 4.69) is 31.5 Å². The van der Waals surface area contributed by atoms with Crippen LogP contribution in [0.5, 0.6) is 0 Å². The van der Waals surface area contributed by atoms with E-state index in [9.17, 15) is 4.79 Å². The first-order valence-corrected chi connectivity index (χ1v) is 8.70. The number of nitrogens with zero attached hydrogens (tertiary/aromatic N) is 1. The molecule has 25 heavy (non-hydrogen) atoms. The summed E-state index contributed by atoms with van der Waals surface area (Å²) in [6.07, 6.45) is 3.18. The Bertz CT molecular complexity index is 831. The number of anilines is 1. The van der Waals surface area contributed by atoms with Gasteiger partial charge in [0.2, 0.25) is 0 Å². The molecule has 2 N–H and O–H groups in total. The van der Waals surface area contributed by atoms with Crippen LogP contribution in [-0.2, 0) is 6.54 Å². The highest BCUT2D eigenvalue weighted by atomic mass is 79.9. The second-order valence-electron chi connectivity index (χ2n) is 5.64. The Morgan fingerprint density at radius 3 is 2.64 bits per heavy atom. The first-order chi connectivity index (χ1) is 12.1. The number of hydrogen-bond acceptors (Lipinski definition) is 4. The zero-order valence-electron chi connectivity index (χ0n) is 13.7. The predicted octanol–water partition coefficient (Wildman–Crippen LogP) is 4.54. The molecule has 0 spiro atoms. The maximum absolute atomic E-state index is 12.1. The van der Waals surface area contributed by atoms with Gasteiger partial charge in [-0.3, -0.25) is 9.78 Å². The van der Waals surface area contributed by atoms with Crippen molar-refractivity contribution >= 4 is 27.5 Å². The van der Waals surface area contributed by atoms with E-state index in [4.69, 9.17) is 4.42 Å². The van der Waals surface area contributed by atoms with Crippen molar-refractivity contribution in [3.63, 3.8) is 0 Å². The summed E-state index contributed by atoms with van der Waals surface area (Å²) in [6, 6.07) is 15.1. The highest BCUT2D eigenvalue weighted by molar-refractivity contribution is 9.10. The number of amides is 1. The molecule has 0 unspecified atom stereocenters. The topological polar surface area (TPSA) is 67.2 Å². The SMILES string of the molecule is C[C@@H](NCc1ccc(NC(=O)c2cccnc2)cc1)c1ccc(Br)o1. The molecule has 1 aromatic carbocycles. The van der Waals surface area contributed by atoms with Crippen molar-refractivity contribution in [3.8, 4) is 0 Å². The van der Waals surface area contributed by atoms with E-state index in [0.29, 0.717) is 12.1 Å². The van der Waals surface area contributed by atoms with Gasteiger partial charge in [0.15, 0.2) is 4.67 Å². The van der Waals surface area contributed by atoms with Gasteiger partial charge in [-0.1, -0.05) is 12.1 Å². The van der Waals surface area contributed by atoms with Crippen molar-refractivity contribution in [3.05, 3.63) is 82.5 Å². The number of benzene rings is 1. The Hall–Kier alpha value is -2.44. The lowest BCUT2D eigenvalue weighted by molar-refractivity contribution is 0.102. The van der Waals surface area contributed by atoms with Crippen LogP contribution in [0.3, 0.4) is 0 Å². The number of furan rings is 1. The number of pyridine rings is 1. The number of rotatable bonds is 6. The van der Waals surface area contributed by atoms with E-state index in [1.165, 1.54) is 0 Å². The maximum Gasteiger partial charge on any atom is 0.257 e. The van der Waals surface area contributed by atoms with Crippen LogP contribution in [0.2, 0.25) is 0 Å². The third-order valence-electron chi connectivity index (χ3n) is 3.77. The average molecular weight is 400 g/mol. The van der Waals surface area contributed by atoms with Crippen LogP contribution < -0.4 is 10.6 Å². The van der Waals surface area contributed by atoms with E-state index < -0.39 is 0 Å². The predicted molar refractivity (Wildman–Crippen MR) is 100 cm³/mol. The van der Waals surface area contributed by atoms with Gasteiger partial charge < -0.3 is 15.1 Å². The number of halogens is 1. The molecular formula is C19H18BrN3O2. The summed E-state index contributed by atoms with van der Waals surface area (Å²) in [5, 5.41) is 6.26. The molecule has 5 nitrogen and oxygen atoms in total. The summed E-state index contributed by atoms with van der Waals surface area (Å²) >= 11 is 3.31. The van der Waals surface area contributed by atoms with Crippen LogP contribution in [0.15, 0.2) is 70.0 Å². The summed E-state index contributed by atoms with van der Waals surface area (Å²) in [5.74, 6) is 0.711. The molecule has 0 aliphatic rings. The Kier molecular flexibility index (Phi) is 5.63. The van der Waals surface area contributed by atoms with Crippen molar-refractivity contribution < 1.29 is 9.21 Å². The first kappa shape index (κ1) is 17.4.